The Morgan fingerprint density at radius 2 is 2.06 bits per heavy atom. The van der Waals surface area contributed by atoms with Gasteiger partial charge in [-0.1, -0.05) is 24.6 Å². The van der Waals surface area contributed by atoms with Gasteiger partial charge >= 0.3 is 0 Å². The van der Waals surface area contributed by atoms with Gasteiger partial charge in [0.1, 0.15) is 11.3 Å². The zero-order chi connectivity index (χ0) is 22.8. The number of nitrogens with one attached hydrogen (secondary N) is 2. The fourth-order valence-electron chi connectivity index (χ4n) is 4.06. The van der Waals surface area contributed by atoms with E-state index in [9.17, 15) is 9.18 Å². The summed E-state index contributed by atoms with van der Waals surface area (Å²) in [5.74, 6) is 0.0751. The van der Waals surface area contributed by atoms with Crippen molar-refractivity contribution in [1.82, 2.24) is 19.5 Å². The second kappa shape index (κ2) is 9.28. The summed E-state index contributed by atoms with van der Waals surface area (Å²) in [6.07, 6.45) is 5.42. The van der Waals surface area contributed by atoms with Crippen LogP contribution in [0.4, 0.5) is 22.0 Å². The van der Waals surface area contributed by atoms with Crippen molar-refractivity contribution in [3.63, 3.8) is 0 Å². The lowest BCUT2D eigenvalue weighted by Crippen LogP contribution is -2.29. The van der Waals surface area contributed by atoms with Gasteiger partial charge in [-0.15, -0.1) is 0 Å². The number of carbonyl (C=O) groups is 1. The van der Waals surface area contributed by atoms with E-state index in [1.807, 2.05) is 4.57 Å². The minimum absolute atomic E-state index is 0.0231. The number of halogens is 2. The zero-order valence-corrected chi connectivity index (χ0v) is 18.9. The van der Waals surface area contributed by atoms with Gasteiger partial charge in [0.25, 0.3) is 0 Å². The molecule has 170 valence electrons. The van der Waals surface area contributed by atoms with Crippen LogP contribution in [0.1, 0.15) is 52.0 Å². The maximum atomic E-state index is 14.5. The standard InChI is InChI=1S/C22H27ClFN7O/c1-3-12(2)27-21-26-11-17-20(30-21)31(14-9-7-13(8-10-14)19(25)32)22(28-17)29-18-15(23)5-4-6-16(18)24/h4-6,11-14H,3,7-10H2,1-2H3,(H2,25,32)(H,28,29)(H,26,27,30)/t12-,13-,14+/m0/s1. The van der Waals surface area contributed by atoms with Crippen molar-refractivity contribution in [1.29, 1.82) is 0 Å². The van der Waals surface area contributed by atoms with Crippen LogP contribution >= 0.6 is 11.6 Å². The third-order valence-corrected chi connectivity index (χ3v) is 6.40. The Balaban J connectivity index is 1.76. The molecule has 0 bridgehead atoms. The van der Waals surface area contributed by atoms with Crippen molar-refractivity contribution in [3.8, 4) is 0 Å². The van der Waals surface area contributed by atoms with Crippen LogP contribution in [0.15, 0.2) is 24.4 Å². The van der Waals surface area contributed by atoms with Gasteiger partial charge in [-0.25, -0.2) is 14.4 Å². The SMILES string of the molecule is CC[C@H](C)Nc1ncc2nc(Nc3c(F)cccc3Cl)n([C@H]3CC[C@@H](C(N)=O)CC3)c2n1. The van der Waals surface area contributed by atoms with Crippen LogP contribution in [0, 0.1) is 11.7 Å². The number of rotatable bonds is 7. The highest BCUT2D eigenvalue weighted by atomic mass is 35.5. The number of hydrogen-bond donors (Lipinski definition) is 3. The van der Waals surface area contributed by atoms with Crippen LogP contribution in [0.2, 0.25) is 5.02 Å². The molecule has 4 N–H and O–H groups in total. The van der Waals surface area contributed by atoms with Crippen LogP contribution in [-0.4, -0.2) is 31.5 Å². The zero-order valence-electron chi connectivity index (χ0n) is 18.1. The van der Waals surface area contributed by atoms with Gasteiger partial charge < -0.3 is 16.4 Å². The maximum absolute atomic E-state index is 14.5. The number of primary amides is 1. The molecule has 1 amide bonds. The number of nitrogens with two attached hydrogens (primary N) is 1. The molecule has 2 heterocycles. The number of benzene rings is 1. The van der Waals surface area contributed by atoms with Crippen molar-refractivity contribution in [3.05, 3.63) is 35.2 Å². The first-order chi connectivity index (χ1) is 15.4. The molecule has 0 radical (unpaired) electrons. The number of carbonyl (C=O) groups excluding carboxylic acids is 1. The lowest BCUT2D eigenvalue weighted by atomic mass is 9.85. The molecule has 1 fully saturated rings. The highest BCUT2D eigenvalue weighted by Gasteiger charge is 2.29. The Hall–Kier alpha value is -2.94. The molecular formula is C22H27ClFN7O. The number of imidazole rings is 1. The van der Waals surface area contributed by atoms with E-state index in [1.54, 1.807) is 18.3 Å². The summed E-state index contributed by atoms with van der Waals surface area (Å²) >= 11 is 6.24. The van der Waals surface area contributed by atoms with E-state index in [4.69, 9.17) is 22.3 Å². The minimum atomic E-state index is -0.473. The van der Waals surface area contributed by atoms with Crippen LogP contribution in [0.5, 0.6) is 0 Å². The summed E-state index contributed by atoms with van der Waals surface area (Å²) < 4.78 is 16.4. The van der Waals surface area contributed by atoms with Gasteiger partial charge in [0.2, 0.25) is 17.8 Å². The van der Waals surface area contributed by atoms with Gasteiger partial charge in [0.15, 0.2) is 5.65 Å². The molecule has 1 aliphatic rings. The first kappa shape index (κ1) is 22.3. The Labute approximate surface area is 190 Å². The van der Waals surface area contributed by atoms with Crippen LogP contribution in [0.3, 0.4) is 0 Å². The van der Waals surface area contributed by atoms with Gasteiger partial charge in [-0.3, -0.25) is 9.36 Å². The quantitative estimate of drug-likeness (QED) is 0.468. The van der Waals surface area contributed by atoms with Crippen molar-refractivity contribution in [2.75, 3.05) is 10.6 Å². The molecule has 1 atom stereocenters. The molecule has 1 saturated carbocycles. The van der Waals surface area contributed by atoms with Crippen molar-refractivity contribution < 1.29 is 9.18 Å². The highest BCUT2D eigenvalue weighted by molar-refractivity contribution is 6.33. The summed E-state index contributed by atoms with van der Waals surface area (Å²) in [5, 5.41) is 6.61. The average Bonchev–Trinajstić information content (AvgIpc) is 3.13. The molecule has 1 aliphatic carbocycles. The summed E-state index contributed by atoms with van der Waals surface area (Å²) in [4.78, 5) is 25.4. The average molecular weight is 460 g/mol. The van der Waals surface area contributed by atoms with Crippen molar-refractivity contribution in [2.45, 2.75) is 58.0 Å². The van der Waals surface area contributed by atoms with Gasteiger partial charge in [0.05, 0.1) is 16.9 Å². The fourth-order valence-corrected chi connectivity index (χ4v) is 4.27. The Morgan fingerprint density at radius 3 is 2.72 bits per heavy atom. The lowest BCUT2D eigenvalue weighted by molar-refractivity contribution is -0.122. The van der Waals surface area contributed by atoms with Crippen molar-refractivity contribution in [2.24, 2.45) is 11.7 Å². The van der Waals surface area contributed by atoms with Crippen LogP contribution in [0.25, 0.3) is 11.2 Å². The number of hydrogen-bond acceptors (Lipinski definition) is 6. The number of para-hydroxylation sites is 1. The molecule has 0 saturated heterocycles. The summed E-state index contributed by atoms with van der Waals surface area (Å²) in [5.41, 5.74) is 6.90. The topological polar surface area (TPSA) is 111 Å². The fraction of sp³-hybridized carbons (Fsp3) is 0.455. The summed E-state index contributed by atoms with van der Waals surface area (Å²) in [6, 6.07) is 4.74. The first-order valence-corrected chi connectivity index (χ1v) is 11.3. The molecule has 4 rings (SSSR count). The molecule has 10 heteroatoms. The molecule has 3 aromatic rings. The number of amides is 1. The molecule has 8 nitrogen and oxygen atoms in total. The molecule has 0 aliphatic heterocycles. The molecule has 2 aromatic heterocycles. The number of aromatic nitrogens is 4. The molecular weight excluding hydrogens is 433 g/mol. The van der Waals surface area contributed by atoms with Crippen LogP contribution in [-0.2, 0) is 4.79 Å². The molecule has 32 heavy (non-hydrogen) atoms. The normalized spacial score (nSPS) is 19.6. The second-order valence-electron chi connectivity index (χ2n) is 8.29. The highest BCUT2D eigenvalue weighted by Crippen LogP contribution is 2.38. The second-order valence-corrected chi connectivity index (χ2v) is 8.70. The van der Waals surface area contributed by atoms with E-state index >= 15 is 0 Å². The van der Waals surface area contributed by atoms with Gasteiger partial charge in [-0.05, 0) is 51.2 Å². The molecule has 0 unspecified atom stereocenters. The van der Waals surface area contributed by atoms with Crippen molar-refractivity contribution >= 4 is 46.3 Å². The molecule has 0 spiro atoms. The van der Waals surface area contributed by atoms with E-state index < -0.39 is 5.82 Å². The number of fused-ring (bicyclic) bond motifs is 1. The number of nitrogens with zero attached hydrogens (tertiary/aromatic N) is 4. The summed E-state index contributed by atoms with van der Waals surface area (Å²) in [7, 11) is 0. The first-order valence-electron chi connectivity index (χ1n) is 10.9. The third-order valence-electron chi connectivity index (χ3n) is 6.08. The van der Waals surface area contributed by atoms with Gasteiger partial charge in [-0.2, -0.15) is 4.98 Å². The van der Waals surface area contributed by atoms with E-state index in [-0.39, 0.29) is 34.6 Å². The minimum Gasteiger partial charge on any atom is -0.369 e. The predicted octanol–water partition coefficient (Wildman–Crippen LogP) is 4.79. The van der Waals surface area contributed by atoms with E-state index in [1.165, 1.54) is 6.07 Å². The van der Waals surface area contributed by atoms with Gasteiger partial charge in [0, 0.05) is 18.0 Å². The van der Waals surface area contributed by atoms with E-state index in [0.29, 0.717) is 35.9 Å². The maximum Gasteiger partial charge on any atom is 0.224 e. The summed E-state index contributed by atoms with van der Waals surface area (Å²) in [6.45, 7) is 4.14. The molecule has 1 aromatic carbocycles. The van der Waals surface area contributed by atoms with E-state index in [0.717, 1.165) is 19.3 Å². The third kappa shape index (κ3) is 4.48. The smallest absolute Gasteiger partial charge is 0.224 e. The Bertz CT molecular complexity index is 1110. The predicted molar refractivity (Wildman–Crippen MR) is 124 cm³/mol. The van der Waals surface area contributed by atoms with Crippen LogP contribution < -0.4 is 16.4 Å². The van der Waals surface area contributed by atoms with E-state index in [2.05, 4.69) is 34.4 Å². The largest absolute Gasteiger partial charge is 0.369 e. The monoisotopic (exact) mass is 459 g/mol. The Morgan fingerprint density at radius 1 is 1.31 bits per heavy atom. The number of anilines is 3. The lowest BCUT2D eigenvalue weighted by Gasteiger charge is -2.29. The Kier molecular flexibility index (Phi) is 6.45.